The molecule has 0 saturated carbocycles. The largest absolute Gasteiger partial charge is 0.486 e. The average molecular weight is 299 g/mol. The number of nitrogens with zero attached hydrogens (tertiary/aromatic N) is 2. The number of nitrogen functional groups attached to an aromatic ring is 1. The SMILES string of the molecule is Nc1nc2cc3c(cc2n1Cc1ccc(F)cc1)OCCO3. The van der Waals surface area contributed by atoms with Gasteiger partial charge in [0, 0.05) is 12.1 Å². The lowest BCUT2D eigenvalue weighted by Gasteiger charge is -2.18. The van der Waals surface area contributed by atoms with E-state index in [-0.39, 0.29) is 5.82 Å². The Kier molecular flexibility index (Phi) is 2.89. The monoisotopic (exact) mass is 299 g/mol. The Morgan fingerprint density at radius 3 is 2.50 bits per heavy atom. The van der Waals surface area contributed by atoms with Crippen LogP contribution in [-0.4, -0.2) is 22.8 Å². The Balaban J connectivity index is 1.79. The summed E-state index contributed by atoms with van der Waals surface area (Å²) in [5.41, 5.74) is 8.59. The number of nitrogens with two attached hydrogens (primary N) is 1. The predicted molar refractivity (Wildman–Crippen MR) is 80.6 cm³/mol. The summed E-state index contributed by atoms with van der Waals surface area (Å²) in [5, 5.41) is 0. The molecular weight excluding hydrogens is 285 g/mol. The average Bonchev–Trinajstić information content (AvgIpc) is 2.82. The molecule has 0 amide bonds. The van der Waals surface area contributed by atoms with Gasteiger partial charge in [0.2, 0.25) is 5.95 Å². The normalized spacial score (nSPS) is 13.5. The maximum absolute atomic E-state index is 13.0. The standard InChI is InChI=1S/C16H14FN3O2/c17-11-3-1-10(2-4-11)9-20-13-8-15-14(21-5-6-22-15)7-12(13)19-16(20)18/h1-4,7-8H,5-6,9H2,(H2,18,19). The number of aromatic nitrogens is 2. The summed E-state index contributed by atoms with van der Waals surface area (Å²) in [7, 11) is 0. The van der Waals surface area contributed by atoms with Crippen LogP contribution in [0.15, 0.2) is 36.4 Å². The van der Waals surface area contributed by atoms with E-state index in [0.717, 1.165) is 16.6 Å². The van der Waals surface area contributed by atoms with E-state index in [2.05, 4.69) is 4.98 Å². The lowest BCUT2D eigenvalue weighted by Crippen LogP contribution is -2.15. The first-order chi connectivity index (χ1) is 10.7. The lowest BCUT2D eigenvalue weighted by atomic mass is 10.2. The Morgan fingerprint density at radius 1 is 1.09 bits per heavy atom. The van der Waals surface area contributed by atoms with Crippen LogP contribution in [0.4, 0.5) is 10.3 Å². The molecule has 6 heteroatoms. The minimum absolute atomic E-state index is 0.258. The van der Waals surface area contributed by atoms with Crippen molar-refractivity contribution < 1.29 is 13.9 Å². The molecule has 3 aromatic rings. The van der Waals surface area contributed by atoms with Crippen LogP contribution >= 0.6 is 0 Å². The Bertz CT molecular complexity index is 843. The van der Waals surface area contributed by atoms with Crippen LogP contribution in [0.5, 0.6) is 11.5 Å². The minimum Gasteiger partial charge on any atom is -0.486 e. The molecule has 4 rings (SSSR count). The van der Waals surface area contributed by atoms with Gasteiger partial charge in [-0.2, -0.15) is 0 Å². The minimum atomic E-state index is -0.258. The molecule has 0 saturated heterocycles. The lowest BCUT2D eigenvalue weighted by molar-refractivity contribution is 0.172. The Morgan fingerprint density at radius 2 is 1.77 bits per heavy atom. The molecule has 0 spiro atoms. The fraction of sp³-hybridized carbons (Fsp3) is 0.188. The molecule has 0 radical (unpaired) electrons. The number of fused-ring (bicyclic) bond motifs is 2. The summed E-state index contributed by atoms with van der Waals surface area (Å²) < 4.78 is 26.0. The van der Waals surface area contributed by atoms with Crippen LogP contribution in [0.3, 0.4) is 0 Å². The maximum Gasteiger partial charge on any atom is 0.201 e. The number of hydrogen-bond donors (Lipinski definition) is 1. The van der Waals surface area contributed by atoms with Crippen molar-refractivity contribution in [3.05, 3.63) is 47.8 Å². The number of ether oxygens (including phenoxy) is 2. The van der Waals surface area contributed by atoms with E-state index in [4.69, 9.17) is 15.2 Å². The molecule has 112 valence electrons. The molecule has 5 nitrogen and oxygen atoms in total. The quantitative estimate of drug-likeness (QED) is 0.790. The second kappa shape index (κ2) is 4.91. The number of hydrogen-bond acceptors (Lipinski definition) is 4. The van der Waals surface area contributed by atoms with E-state index in [1.165, 1.54) is 12.1 Å². The number of halogens is 1. The van der Waals surface area contributed by atoms with Gasteiger partial charge < -0.3 is 19.8 Å². The molecule has 0 unspecified atom stereocenters. The zero-order valence-electron chi connectivity index (χ0n) is 11.8. The van der Waals surface area contributed by atoms with E-state index in [1.807, 2.05) is 16.7 Å². The van der Waals surface area contributed by atoms with Gasteiger partial charge in [-0.3, -0.25) is 0 Å². The highest BCUT2D eigenvalue weighted by Gasteiger charge is 2.17. The third-order valence-corrected chi connectivity index (χ3v) is 3.70. The molecule has 0 bridgehead atoms. The van der Waals surface area contributed by atoms with Gasteiger partial charge in [0.05, 0.1) is 17.6 Å². The summed E-state index contributed by atoms with van der Waals surface area (Å²) in [6.07, 6.45) is 0. The molecule has 1 aliphatic heterocycles. The van der Waals surface area contributed by atoms with E-state index >= 15 is 0 Å². The van der Waals surface area contributed by atoms with Crippen molar-refractivity contribution in [3.8, 4) is 11.5 Å². The van der Waals surface area contributed by atoms with E-state index in [9.17, 15) is 4.39 Å². The molecule has 2 heterocycles. The van der Waals surface area contributed by atoms with Gasteiger partial charge in [0.15, 0.2) is 11.5 Å². The highest BCUT2D eigenvalue weighted by Crippen LogP contribution is 2.35. The van der Waals surface area contributed by atoms with E-state index < -0.39 is 0 Å². The second-order valence-corrected chi connectivity index (χ2v) is 5.17. The molecule has 0 aliphatic carbocycles. The van der Waals surface area contributed by atoms with Crippen LogP contribution in [-0.2, 0) is 6.54 Å². The Hall–Kier alpha value is -2.76. The van der Waals surface area contributed by atoms with Crippen molar-refractivity contribution in [1.29, 1.82) is 0 Å². The first kappa shape index (κ1) is 12.9. The molecule has 2 N–H and O–H groups in total. The third-order valence-electron chi connectivity index (χ3n) is 3.70. The highest BCUT2D eigenvalue weighted by atomic mass is 19.1. The fourth-order valence-electron chi connectivity index (χ4n) is 2.62. The van der Waals surface area contributed by atoms with Gasteiger partial charge in [-0.25, -0.2) is 9.37 Å². The van der Waals surface area contributed by atoms with Crippen molar-refractivity contribution in [2.45, 2.75) is 6.54 Å². The zero-order valence-corrected chi connectivity index (χ0v) is 11.8. The fourth-order valence-corrected chi connectivity index (χ4v) is 2.62. The van der Waals surface area contributed by atoms with Gasteiger partial charge in [-0.15, -0.1) is 0 Å². The predicted octanol–water partition coefficient (Wildman–Crippen LogP) is 2.58. The molecule has 1 aliphatic rings. The van der Waals surface area contributed by atoms with Crippen LogP contribution in [0.1, 0.15) is 5.56 Å². The molecule has 22 heavy (non-hydrogen) atoms. The van der Waals surface area contributed by atoms with Crippen molar-refractivity contribution in [2.75, 3.05) is 18.9 Å². The van der Waals surface area contributed by atoms with Crippen molar-refractivity contribution >= 4 is 17.0 Å². The topological polar surface area (TPSA) is 62.3 Å². The van der Waals surface area contributed by atoms with Gasteiger partial charge >= 0.3 is 0 Å². The summed E-state index contributed by atoms with van der Waals surface area (Å²) in [6.45, 7) is 1.58. The van der Waals surface area contributed by atoms with Crippen molar-refractivity contribution in [2.24, 2.45) is 0 Å². The maximum atomic E-state index is 13.0. The van der Waals surface area contributed by atoms with Crippen LogP contribution in [0, 0.1) is 5.82 Å². The van der Waals surface area contributed by atoms with Crippen molar-refractivity contribution in [1.82, 2.24) is 9.55 Å². The summed E-state index contributed by atoms with van der Waals surface area (Å²) >= 11 is 0. The first-order valence-corrected chi connectivity index (χ1v) is 7.00. The second-order valence-electron chi connectivity index (χ2n) is 5.17. The number of benzene rings is 2. The molecule has 2 aromatic carbocycles. The highest BCUT2D eigenvalue weighted by molar-refractivity contribution is 5.82. The van der Waals surface area contributed by atoms with Crippen LogP contribution in [0.2, 0.25) is 0 Å². The number of rotatable bonds is 2. The molecule has 0 atom stereocenters. The first-order valence-electron chi connectivity index (χ1n) is 7.00. The number of anilines is 1. The van der Waals surface area contributed by atoms with E-state index in [1.54, 1.807) is 12.1 Å². The van der Waals surface area contributed by atoms with Gasteiger partial charge in [0.1, 0.15) is 19.0 Å². The molecule has 0 fully saturated rings. The summed E-state index contributed by atoms with van der Waals surface area (Å²) in [4.78, 5) is 4.37. The Labute approximate surface area is 126 Å². The molecular formula is C16H14FN3O2. The van der Waals surface area contributed by atoms with Crippen LogP contribution in [0.25, 0.3) is 11.0 Å². The van der Waals surface area contributed by atoms with E-state index in [0.29, 0.717) is 37.2 Å². The zero-order chi connectivity index (χ0) is 15.1. The van der Waals surface area contributed by atoms with Gasteiger partial charge in [-0.1, -0.05) is 12.1 Å². The smallest absolute Gasteiger partial charge is 0.201 e. The number of imidazole rings is 1. The molecule has 1 aromatic heterocycles. The summed E-state index contributed by atoms with van der Waals surface area (Å²) in [6, 6.07) is 10.1. The third kappa shape index (κ3) is 2.13. The van der Waals surface area contributed by atoms with Crippen molar-refractivity contribution in [3.63, 3.8) is 0 Å². The van der Waals surface area contributed by atoms with Crippen LogP contribution < -0.4 is 15.2 Å². The summed E-state index contributed by atoms with van der Waals surface area (Å²) in [5.74, 6) is 1.53. The van der Waals surface area contributed by atoms with Gasteiger partial charge in [0.25, 0.3) is 0 Å². The van der Waals surface area contributed by atoms with Gasteiger partial charge in [-0.05, 0) is 17.7 Å².